The first kappa shape index (κ1) is 16.0. The van der Waals surface area contributed by atoms with Gasteiger partial charge in [-0.15, -0.1) is 0 Å². The highest BCUT2D eigenvalue weighted by molar-refractivity contribution is 5.77. The van der Waals surface area contributed by atoms with Crippen LogP contribution in [0.1, 0.15) is 26.7 Å². The van der Waals surface area contributed by atoms with Crippen LogP contribution in [0.2, 0.25) is 0 Å². The second-order valence-electron chi connectivity index (χ2n) is 4.14. The maximum absolute atomic E-state index is 13.2. The number of aliphatic carboxylic acids is 1. The maximum atomic E-state index is 13.2. The van der Waals surface area contributed by atoms with Crippen molar-refractivity contribution >= 4 is 5.97 Å². The molecule has 0 aromatic carbocycles. The molecule has 100 valence electrons. The smallest absolute Gasteiger partial charge is 0.323 e. The predicted octanol–water partition coefficient (Wildman–Crippen LogP) is 0.336. The van der Waals surface area contributed by atoms with Gasteiger partial charge in [0.15, 0.2) is 0 Å². The zero-order chi connectivity index (χ0) is 13.5. The molecule has 0 aromatic heterocycles. The summed E-state index contributed by atoms with van der Waals surface area (Å²) in [4.78, 5) is 10.7. The molecule has 0 aliphatic heterocycles. The second kappa shape index (κ2) is 7.33. The summed E-state index contributed by atoms with van der Waals surface area (Å²) in [6.07, 6.45) is 1.26. The zero-order valence-electron chi connectivity index (χ0n) is 10.0. The third kappa shape index (κ3) is 7.01. The summed E-state index contributed by atoms with van der Waals surface area (Å²) < 4.78 is 13.2. The Labute approximate surface area is 99.6 Å². The first-order valence-corrected chi connectivity index (χ1v) is 5.29. The van der Waals surface area contributed by atoms with Gasteiger partial charge in [0.1, 0.15) is 11.4 Å². The number of carboxylic acids is 1. The molecule has 1 unspecified atom stereocenters. The van der Waals surface area contributed by atoms with Gasteiger partial charge < -0.3 is 16.0 Å². The van der Waals surface area contributed by atoms with Crippen LogP contribution >= 0.6 is 0 Å². The number of allylic oxidation sites excluding steroid dienone is 1. The van der Waals surface area contributed by atoms with E-state index in [1.807, 2.05) is 5.48 Å². The molecule has 2 atom stereocenters. The Bertz CT molecular complexity index is 282. The number of hydroxylamine groups is 1. The summed E-state index contributed by atoms with van der Waals surface area (Å²) in [5, 5.41) is 19.8. The van der Waals surface area contributed by atoms with Gasteiger partial charge >= 0.3 is 5.97 Å². The fourth-order valence-corrected chi connectivity index (χ4v) is 1.00. The fraction of sp³-hybridized carbons (Fsp3) is 0.700. The molecule has 6 nitrogen and oxygen atoms in total. The van der Waals surface area contributed by atoms with Crippen LogP contribution in [0.15, 0.2) is 11.9 Å². The molecule has 0 fully saturated rings. The third-order valence-electron chi connectivity index (χ3n) is 2.29. The minimum atomic E-state index is -1.34. The summed E-state index contributed by atoms with van der Waals surface area (Å²) in [5.74, 6) is -1.53. The first-order valence-electron chi connectivity index (χ1n) is 5.29. The molecule has 0 saturated carbocycles. The number of carboxylic acid groups (broad SMARTS) is 1. The lowest BCUT2D eigenvalue weighted by Gasteiger charge is -2.17. The lowest BCUT2D eigenvalue weighted by atomic mass is 9.97. The highest BCUT2D eigenvalue weighted by atomic mass is 19.1. The largest absolute Gasteiger partial charge is 0.480 e. The van der Waals surface area contributed by atoms with E-state index in [-0.39, 0.29) is 19.4 Å². The Hall–Kier alpha value is -1.02. The van der Waals surface area contributed by atoms with Gasteiger partial charge in [-0.1, -0.05) is 6.08 Å². The van der Waals surface area contributed by atoms with E-state index in [2.05, 4.69) is 5.32 Å². The first-order chi connectivity index (χ1) is 7.79. The average Bonchev–Trinajstić information content (AvgIpc) is 2.25. The molecule has 0 aliphatic carbocycles. The van der Waals surface area contributed by atoms with Gasteiger partial charge in [0.05, 0.1) is 6.17 Å². The molecule has 0 rings (SSSR count). The van der Waals surface area contributed by atoms with E-state index in [4.69, 9.17) is 16.0 Å². The zero-order valence-corrected chi connectivity index (χ0v) is 10.0. The quantitative estimate of drug-likeness (QED) is 0.313. The molecule has 7 heteroatoms. The Kier molecular flexibility index (Phi) is 6.89. The van der Waals surface area contributed by atoms with Gasteiger partial charge in [-0.25, -0.2) is 4.39 Å². The van der Waals surface area contributed by atoms with Crippen molar-refractivity contribution in [1.29, 1.82) is 0 Å². The van der Waals surface area contributed by atoms with Gasteiger partial charge in [-0.3, -0.25) is 10.1 Å². The minimum absolute atomic E-state index is 0.0386. The van der Waals surface area contributed by atoms with Crippen LogP contribution in [0.5, 0.6) is 0 Å². The van der Waals surface area contributed by atoms with Gasteiger partial charge in [0.2, 0.25) is 0 Å². The van der Waals surface area contributed by atoms with Gasteiger partial charge in [-0.05, 0) is 26.7 Å². The van der Waals surface area contributed by atoms with E-state index < -0.39 is 23.5 Å². The molecule has 0 aromatic rings. The number of nitrogens with one attached hydrogen (secondary N) is 2. The van der Waals surface area contributed by atoms with Crippen molar-refractivity contribution in [3.8, 4) is 0 Å². The Balaban J connectivity index is 3.96. The van der Waals surface area contributed by atoms with E-state index in [1.165, 1.54) is 13.0 Å². The SMILES string of the molecule is CC(NO)NC/C(F)=C\CC[C@@](C)(N)C(=O)O. The summed E-state index contributed by atoms with van der Waals surface area (Å²) in [6, 6.07) is 0. The summed E-state index contributed by atoms with van der Waals surface area (Å²) in [6.45, 7) is 2.97. The van der Waals surface area contributed by atoms with Crippen LogP contribution in [-0.2, 0) is 4.79 Å². The van der Waals surface area contributed by atoms with Crippen LogP contribution in [-0.4, -0.2) is 34.5 Å². The normalized spacial score (nSPS) is 17.6. The van der Waals surface area contributed by atoms with Gasteiger partial charge in [0.25, 0.3) is 0 Å². The van der Waals surface area contributed by atoms with E-state index in [0.717, 1.165) is 0 Å². The van der Waals surface area contributed by atoms with Crippen molar-refractivity contribution in [1.82, 2.24) is 10.8 Å². The molecule has 6 N–H and O–H groups in total. The highest BCUT2D eigenvalue weighted by Gasteiger charge is 2.26. The average molecular weight is 249 g/mol. The third-order valence-corrected chi connectivity index (χ3v) is 2.29. The summed E-state index contributed by atoms with van der Waals surface area (Å²) >= 11 is 0. The van der Waals surface area contributed by atoms with E-state index in [0.29, 0.717) is 0 Å². The van der Waals surface area contributed by atoms with Crippen molar-refractivity contribution in [2.24, 2.45) is 5.73 Å². The van der Waals surface area contributed by atoms with Crippen LogP contribution in [0.3, 0.4) is 0 Å². The van der Waals surface area contributed by atoms with Crippen LogP contribution in [0, 0.1) is 0 Å². The van der Waals surface area contributed by atoms with E-state index >= 15 is 0 Å². The lowest BCUT2D eigenvalue weighted by molar-refractivity contribution is -0.142. The molecule has 17 heavy (non-hydrogen) atoms. The predicted molar refractivity (Wildman–Crippen MR) is 61.0 cm³/mol. The van der Waals surface area contributed by atoms with Crippen LogP contribution in [0.4, 0.5) is 4.39 Å². The summed E-state index contributed by atoms with van der Waals surface area (Å²) in [5.41, 5.74) is 6.05. The Morgan fingerprint density at radius 1 is 1.65 bits per heavy atom. The second-order valence-corrected chi connectivity index (χ2v) is 4.14. The van der Waals surface area contributed by atoms with Crippen molar-refractivity contribution in [3.05, 3.63) is 11.9 Å². The van der Waals surface area contributed by atoms with E-state index in [9.17, 15) is 9.18 Å². The molecule has 0 spiro atoms. The Morgan fingerprint density at radius 3 is 2.71 bits per heavy atom. The van der Waals surface area contributed by atoms with Crippen molar-refractivity contribution in [3.63, 3.8) is 0 Å². The lowest BCUT2D eigenvalue weighted by Crippen LogP contribution is -2.44. The summed E-state index contributed by atoms with van der Waals surface area (Å²) in [7, 11) is 0. The standard InChI is InChI=1S/C10H20FN3O3/c1-7(14-17)13-6-8(11)4-3-5-10(2,12)9(15)16/h4,7,13-14,17H,3,5-6,12H2,1-2H3,(H,15,16)/b8-4+/t7?,10-/m1/s1. The number of rotatable bonds is 8. The van der Waals surface area contributed by atoms with Crippen molar-refractivity contribution in [2.45, 2.75) is 38.4 Å². The highest BCUT2D eigenvalue weighted by Crippen LogP contribution is 2.11. The molecular formula is C10H20FN3O3. The van der Waals surface area contributed by atoms with Gasteiger partial charge in [0, 0.05) is 6.54 Å². The molecule has 0 aliphatic rings. The monoisotopic (exact) mass is 249 g/mol. The molecule has 0 bridgehead atoms. The fourth-order valence-electron chi connectivity index (χ4n) is 1.00. The number of carbonyl (C=O) groups is 1. The topological polar surface area (TPSA) is 108 Å². The number of nitrogens with two attached hydrogens (primary N) is 1. The minimum Gasteiger partial charge on any atom is -0.480 e. The van der Waals surface area contributed by atoms with Crippen molar-refractivity contribution in [2.75, 3.05) is 6.54 Å². The van der Waals surface area contributed by atoms with Gasteiger partial charge in [-0.2, -0.15) is 5.48 Å². The number of hydrogen-bond acceptors (Lipinski definition) is 5. The van der Waals surface area contributed by atoms with Crippen molar-refractivity contribution < 1.29 is 19.5 Å². The molecular weight excluding hydrogens is 229 g/mol. The molecule has 0 amide bonds. The molecule has 0 saturated heterocycles. The van der Waals surface area contributed by atoms with Crippen LogP contribution in [0.25, 0.3) is 0 Å². The Morgan fingerprint density at radius 2 is 2.24 bits per heavy atom. The van der Waals surface area contributed by atoms with E-state index in [1.54, 1.807) is 6.92 Å². The van der Waals surface area contributed by atoms with Crippen LogP contribution < -0.4 is 16.5 Å². The molecule has 0 heterocycles. The molecule has 0 radical (unpaired) electrons. The number of halogens is 1. The maximum Gasteiger partial charge on any atom is 0.323 e. The number of hydrogen-bond donors (Lipinski definition) is 5.